The van der Waals surface area contributed by atoms with Crippen LogP contribution in [0.15, 0.2) is 54.6 Å². The van der Waals surface area contributed by atoms with Gasteiger partial charge in [-0.15, -0.1) is 0 Å². The van der Waals surface area contributed by atoms with E-state index in [0.29, 0.717) is 12.4 Å². The van der Waals surface area contributed by atoms with Gasteiger partial charge in [-0.1, -0.05) is 48.6 Å². The zero-order valence-corrected chi connectivity index (χ0v) is 17.8. The predicted molar refractivity (Wildman–Crippen MR) is 118 cm³/mol. The monoisotopic (exact) mass is 419 g/mol. The molecular weight excluding hydrogens is 390 g/mol. The number of phenols is 1. The van der Waals surface area contributed by atoms with Crippen molar-refractivity contribution in [2.24, 2.45) is 0 Å². The number of aliphatic hydroxyl groups is 1. The van der Waals surface area contributed by atoms with E-state index in [4.69, 9.17) is 9.47 Å². The summed E-state index contributed by atoms with van der Waals surface area (Å²) >= 11 is 0. The smallest absolute Gasteiger partial charge is 0.165 e. The minimum atomic E-state index is -0.720. The molecule has 1 saturated heterocycles. The Kier molecular flexibility index (Phi) is 4.26. The summed E-state index contributed by atoms with van der Waals surface area (Å²) < 4.78 is 13.2. The molecule has 5 nitrogen and oxygen atoms in total. The van der Waals surface area contributed by atoms with Gasteiger partial charge in [-0.3, -0.25) is 4.90 Å². The van der Waals surface area contributed by atoms with Crippen molar-refractivity contribution >= 4 is 0 Å². The molecule has 0 aromatic heterocycles. The van der Waals surface area contributed by atoms with E-state index < -0.39 is 23.2 Å². The fraction of sp³-hybridized carbons (Fsp3) is 0.462. The van der Waals surface area contributed by atoms with Crippen LogP contribution in [0.5, 0.6) is 11.5 Å². The molecule has 0 amide bonds. The Morgan fingerprint density at radius 3 is 2.87 bits per heavy atom. The molecule has 2 N–H and O–H groups in total. The summed E-state index contributed by atoms with van der Waals surface area (Å²) in [6.45, 7) is 1.55. The van der Waals surface area contributed by atoms with E-state index in [1.807, 2.05) is 18.2 Å². The molecular formula is C26H29NO4. The van der Waals surface area contributed by atoms with Gasteiger partial charge in [0.2, 0.25) is 0 Å². The molecule has 2 aliphatic heterocycles. The first-order chi connectivity index (χ1) is 15.1. The molecule has 0 unspecified atom stereocenters. The fourth-order valence-electron chi connectivity index (χ4n) is 6.69. The summed E-state index contributed by atoms with van der Waals surface area (Å²) in [7, 11) is 2.17. The average molecular weight is 420 g/mol. The molecule has 0 saturated carbocycles. The molecule has 1 fully saturated rings. The number of aromatic hydroxyl groups is 1. The van der Waals surface area contributed by atoms with E-state index >= 15 is 0 Å². The van der Waals surface area contributed by atoms with Crippen molar-refractivity contribution in [1.29, 1.82) is 0 Å². The Morgan fingerprint density at radius 1 is 1.19 bits per heavy atom. The summed E-state index contributed by atoms with van der Waals surface area (Å²) in [4.78, 5) is 2.40. The normalized spacial score (nSPS) is 35.0. The maximum absolute atomic E-state index is 10.9. The molecule has 2 aliphatic carbocycles. The average Bonchev–Trinajstić information content (AvgIpc) is 3.15. The van der Waals surface area contributed by atoms with E-state index in [1.165, 1.54) is 11.1 Å². The van der Waals surface area contributed by atoms with Crippen LogP contribution >= 0.6 is 0 Å². The van der Waals surface area contributed by atoms with E-state index in [0.717, 1.165) is 37.8 Å². The third kappa shape index (κ3) is 2.48. The second kappa shape index (κ2) is 6.83. The van der Waals surface area contributed by atoms with Gasteiger partial charge in [-0.2, -0.15) is 0 Å². The second-order valence-corrected chi connectivity index (χ2v) is 9.49. The van der Waals surface area contributed by atoms with Gasteiger partial charge in [-0.05, 0) is 56.5 Å². The lowest BCUT2D eigenvalue weighted by Crippen LogP contribution is -2.76. The Balaban J connectivity index is 1.40. The van der Waals surface area contributed by atoms with Crippen LogP contribution in [0.1, 0.15) is 29.5 Å². The van der Waals surface area contributed by atoms with Gasteiger partial charge in [0.1, 0.15) is 17.8 Å². The maximum atomic E-state index is 10.9. The number of likely N-dealkylation sites (N-methyl/N-ethyl adjacent to an activating group) is 1. The van der Waals surface area contributed by atoms with Crippen LogP contribution in [-0.2, 0) is 23.0 Å². The van der Waals surface area contributed by atoms with Gasteiger partial charge < -0.3 is 19.7 Å². The standard InChI is InChI=1S/C26H29NO4/c1-27-14-13-25-22-18-9-10-19(28)23(22)31-24(25)20(29)11-12-26(25,21(27)16-18)30-15-5-8-17-6-3-2-4-7-17/h2-4,6-7,9-12,20-21,24,28-29H,5,8,13-16H2,1H3/t20-,21+,24-,25-,26+/m0/s1. The number of aryl methyl sites for hydroxylation is 1. The van der Waals surface area contributed by atoms with E-state index in [-0.39, 0.29) is 11.8 Å². The predicted octanol–water partition coefficient (Wildman–Crippen LogP) is 2.97. The molecule has 4 aliphatic rings. The number of likely N-dealkylation sites (tertiary alicyclic amines) is 1. The second-order valence-electron chi connectivity index (χ2n) is 9.49. The van der Waals surface area contributed by atoms with E-state index in [2.05, 4.69) is 42.3 Å². The Hall–Kier alpha value is -2.34. The molecule has 5 atom stereocenters. The summed E-state index contributed by atoms with van der Waals surface area (Å²) in [5.74, 6) is 0.704. The lowest BCUT2D eigenvalue weighted by atomic mass is 9.50. The van der Waals surface area contributed by atoms with Crippen LogP contribution in [0.3, 0.4) is 0 Å². The lowest BCUT2D eigenvalue weighted by molar-refractivity contribution is -0.181. The van der Waals surface area contributed by atoms with Crippen molar-refractivity contribution < 1.29 is 19.7 Å². The fourth-order valence-corrected chi connectivity index (χ4v) is 6.69. The Morgan fingerprint density at radius 2 is 2.03 bits per heavy atom. The largest absolute Gasteiger partial charge is 0.504 e. The number of nitrogens with zero attached hydrogens (tertiary/aromatic N) is 1. The summed E-state index contributed by atoms with van der Waals surface area (Å²) in [5, 5.41) is 21.5. The zero-order valence-electron chi connectivity index (χ0n) is 17.8. The highest BCUT2D eigenvalue weighted by Gasteiger charge is 2.72. The molecule has 6 rings (SSSR count). The highest BCUT2D eigenvalue weighted by molar-refractivity contribution is 5.64. The van der Waals surface area contributed by atoms with Crippen LogP contribution in [0.4, 0.5) is 0 Å². The SMILES string of the molecule is CN1CC[C@]23c4c5ccc(O)c4O[C@H]2[C@@H](O)C=C[C@@]3(OCCCc2ccccc2)[C@H]1C5. The molecule has 5 heteroatoms. The number of hydrogen-bond acceptors (Lipinski definition) is 5. The van der Waals surface area contributed by atoms with Gasteiger partial charge in [-0.25, -0.2) is 0 Å². The number of benzene rings is 2. The van der Waals surface area contributed by atoms with Crippen molar-refractivity contribution in [3.05, 3.63) is 71.3 Å². The highest BCUT2D eigenvalue weighted by Crippen LogP contribution is 2.65. The first-order valence-corrected chi connectivity index (χ1v) is 11.3. The van der Waals surface area contributed by atoms with Gasteiger partial charge in [0, 0.05) is 18.2 Å². The summed E-state index contributed by atoms with van der Waals surface area (Å²) in [5.41, 5.74) is 2.53. The first kappa shape index (κ1) is 19.4. The first-order valence-electron chi connectivity index (χ1n) is 11.3. The number of phenolic OH excluding ortho intramolecular Hbond substituents is 1. The molecule has 162 valence electrons. The number of hydrogen-bond donors (Lipinski definition) is 2. The van der Waals surface area contributed by atoms with Gasteiger partial charge in [0.05, 0.1) is 5.41 Å². The number of rotatable bonds is 5. The van der Waals surface area contributed by atoms with E-state index in [9.17, 15) is 10.2 Å². The van der Waals surface area contributed by atoms with Crippen molar-refractivity contribution in [1.82, 2.24) is 4.90 Å². The molecule has 2 aromatic rings. The molecule has 2 heterocycles. The highest BCUT2D eigenvalue weighted by atomic mass is 16.5. The molecule has 2 aromatic carbocycles. The third-order valence-corrected chi connectivity index (χ3v) is 8.04. The molecule has 2 bridgehead atoms. The number of aliphatic hydroxyl groups excluding tert-OH is 1. The van der Waals surface area contributed by atoms with Crippen LogP contribution < -0.4 is 4.74 Å². The van der Waals surface area contributed by atoms with Crippen LogP contribution in [0.2, 0.25) is 0 Å². The topological polar surface area (TPSA) is 62.2 Å². The Labute approximate surface area is 182 Å². The maximum Gasteiger partial charge on any atom is 0.165 e. The summed E-state index contributed by atoms with van der Waals surface area (Å²) in [6.07, 6.45) is 6.37. The van der Waals surface area contributed by atoms with Gasteiger partial charge >= 0.3 is 0 Å². The number of piperidine rings is 1. The molecule has 0 radical (unpaired) electrons. The zero-order chi connectivity index (χ0) is 21.2. The Bertz CT molecular complexity index is 1040. The van der Waals surface area contributed by atoms with Crippen molar-refractivity contribution in [3.63, 3.8) is 0 Å². The quantitative estimate of drug-likeness (QED) is 0.576. The van der Waals surface area contributed by atoms with Crippen molar-refractivity contribution in [3.8, 4) is 11.5 Å². The van der Waals surface area contributed by atoms with Crippen LogP contribution in [0, 0.1) is 0 Å². The minimum Gasteiger partial charge on any atom is -0.504 e. The van der Waals surface area contributed by atoms with E-state index in [1.54, 1.807) is 6.07 Å². The van der Waals surface area contributed by atoms with Crippen molar-refractivity contribution in [2.45, 2.75) is 54.9 Å². The lowest BCUT2D eigenvalue weighted by Gasteiger charge is -2.63. The third-order valence-electron chi connectivity index (χ3n) is 8.04. The molecule has 1 spiro atoms. The number of ether oxygens (including phenoxy) is 2. The van der Waals surface area contributed by atoms with Crippen molar-refractivity contribution in [2.75, 3.05) is 20.2 Å². The van der Waals surface area contributed by atoms with Gasteiger partial charge in [0.15, 0.2) is 11.5 Å². The molecule has 31 heavy (non-hydrogen) atoms. The summed E-state index contributed by atoms with van der Waals surface area (Å²) in [6, 6.07) is 14.4. The minimum absolute atomic E-state index is 0.157. The van der Waals surface area contributed by atoms with Gasteiger partial charge in [0.25, 0.3) is 0 Å². The van der Waals surface area contributed by atoms with Crippen LogP contribution in [0.25, 0.3) is 0 Å². The van der Waals surface area contributed by atoms with Crippen LogP contribution in [-0.4, -0.2) is 59.2 Å².